The van der Waals surface area contributed by atoms with Crippen molar-refractivity contribution in [2.24, 2.45) is 0 Å². The number of ether oxygens (including phenoxy) is 2. The van der Waals surface area contributed by atoms with Crippen LogP contribution < -0.4 is 9.47 Å². The minimum absolute atomic E-state index is 0.454. The average Bonchev–Trinajstić information content (AvgIpc) is 2.52. The smallest absolute Gasteiger partial charge is 0.251 e. The van der Waals surface area contributed by atoms with Crippen LogP contribution in [-0.4, -0.2) is 10.9 Å². The van der Waals surface area contributed by atoms with E-state index in [1.54, 1.807) is 26.0 Å². The third-order valence-electron chi connectivity index (χ3n) is 3.40. The Morgan fingerprint density at radius 1 is 1.24 bits per heavy atom. The summed E-state index contributed by atoms with van der Waals surface area (Å²) in [6.07, 6.45) is 2.95. The van der Waals surface area contributed by atoms with Gasteiger partial charge in [0.1, 0.15) is 0 Å². The Bertz CT molecular complexity index is 472. The molecule has 1 aliphatic carbocycles. The van der Waals surface area contributed by atoms with Crippen LogP contribution in [0.15, 0.2) is 12.1 Å². The number of hydrogen-bond donors (Lipinski definition) is 1. The topological polar surface area (TPSA) is 38.7 Å². The molecule has 17 heavy (non-hydrogen) atoms. The van der Waals surface area contributed by atoms with Gasteiger partial charge in [-0.05, 0) is 26.3 Å². The molecule has 1 N–H and O–H groups in total. The molecule has 1 fully saturated rings. The molecule has 0 radical (unpaired) electrons. The Kier molecular flexibility index (Phi) is 2.17. The third kappa shape index (κ3) is 1.69. The lowest BCUT2D eigenvalue weighted by Crippen LogP contribution is -2.45. The predicted octanol–water partition coefficient (Wildman–Crippen LogP) is 3.22. The summed E-state index contributed by atoms with van der Waals surface area (Å²) in [4.78, 5) is 0. The van der Waals surface area contributed by atoms with E-state index in [1.165, 1.54) is 0 Å². The first-order valence-corrected chi connectivity index (χ1v) is 6.22. The standard InChI is InChI=1S/C13H15ClO3/c1-12(2,15)8-6-10-11(7-9(8)14)17-13(16-10)4-3-5-13/h6-7,15H,3-5H2,1-2H3. The summed E-state index contributed by atoms with van der Waals surface area (Å²) in [5.74, 6) is 0.915. The van der Waals surface area contributed by atoms with Crippen LogP contribution in [0.25, 0.3) is 0 Å². The maximum atomic E-state index is 10.0. The molecular weight excluding hydrogens is 240 g/mol. The Hall–Kier alpha value is -0.930. The lowest BCUT2D eigenvalue weighted by Gasteiger charge is -2.35. The zero-order valence-corrected chi connectivity index (χ0v) is 10.7. The van der Waals surface area contributed by atoms with E-state index in [4.69, 9.17) is 21.1 Å². The van der Waals surface area contributed by atoms with E-state index in [1.807, 2.05) is 0 Å². The van der Waals surface area contributed by atoms with Crippen LogP contribution in [0, 0.1) is 0 Å². The normalized spacial score (nSPS) is 20.5. The largest absolute Gasteiger partial charge is 0.448 e. The van der Waals surface area contributed by atoms with Crippen LogP contribution >= 0.6 is 11.6 Å². The van der Waals surface area contributed by atoms with Gasteiger partial charge in [-0.1, -0.05) is 11.6 Å². The fourth-order valence-electron chi connectivity index (χ4n) is 2.25. The van der Waals surface area contributed by atoms with Crippen molar-refractivity contribution in [2.75, 3.05) is 0 Å². The lowest BCUT2D eigenvalue weighted by molar-refractivity contribution is -0.138. The number of rotatable bonds is 1. The van der Waals surface area contributed by atoms with Gasteiger partial charge in [0.2, 0.25) is 0 Å². The van der Waals surface area contributed by atoms with Crippen LogP contribution in [0.5, 0.6) is 11.5 Å². The first-order valence-electron chi connectivity index (χ1n) is 5.84. The molecule has 1 aromatic rings. The van der Waals surface area contributed by atoms with Gasteiger partial charge < -0.3 is 14.6 Å². The third-order valence-corrected chi connectivity index (χ3v) is 3.71. The molecule has 0 unspecified atom stereocenters. The molecular formula is C13H15ClO3. The molecule has 1 spiro atoms. The van der Waals surface area contributed by atoms with Gasteiger partial charge in [0.05, 0.1) is 10.6 Å². The minimum atomic E-state index is -0.981. The Morgan fingerprint density at radius 2 is 1.82 bits per heavy atom. The van der Waals surface area contributed by atoms with E-state index in [0.29, 0.717) is 22.1 Å². The highest BCUT2D eigenvalue weighted by Crippen LogP contribution is 2.50. The second-order valence-corrected chi connectivity index (χ2v) is 5.71. The molecule has 1 aromatic carbocycles. The minimum Gasteiger partial charge on any atom is -0.448 e. The molecule has 1 heterocycles. The molecule has 0 bridgehead atoms. The van der Waals surface area contributed by atoms with E-state index in [9.17, 15) is 5.11 Å². The highest BCUT2D eigenvalue weighted by Gasteiger charge is 2.47. The number of benzene rings is 1. The summed E-state index contributed by atoms with van der Waals surface area (Å²) < 4.78 is 11.6. The van der Waals surface area contributed by atoms with Crippen LogP contribution in [0.2, 0.25) is 5.02 Å². The molecule has 0 aromatic heterocycles. The SMILES string of the molecule is CC(C)(O)c1cc2c(cc1Cl)OC1(CCC1)O2. The van der Waals surface area contributed by atoms with Gasteiger partial charge >= 0.3 is 0 Å². The summed E-state index contributed by atoms with van der Waals surface area (Å²) in [5.41, 5.74) is -0.317. The van der Waals surface area contributed by atoms with Crippen molar-refractivity contribution in [2.45, 2.75) is 44.5 Å². The summed E-state index contributed by atoms with van der Waals surface area (Å²) >= 11 is 6.15. The number of halogens is 1. The van der Waals surface area contributed by atoms with Crippen molar-refractivity contribution in [1.29, 1.82) is 0 Å². The van der Waals surface area contributed by atoms with Crippen LogP contribution in [0.3, 0.4) is 0 Å². The fraction of sp³-hybridized carbons (Fsp3) is 0.538. The monoisotopic (exact) mass is 254 g/mol. The number of hydrogen-bond acceptors (Lipinski definition) is 3. The molecule has 4 heteroatoms. The Morgan fingerprint density at radius 3 is 2.29 bits per heavy atom. The van der Waals surface area contributed by atoms with E-state index in [2.05, 4.69) is 0 Å². The first kappa shape index (κ1) is 11.2. The summed E-state index contributed by atoms with van der Waals surface area (Å²) in [6.45, 7) is 3.41. The van der Waals surface area contributed by atoms with Crippen molar-refractivity contribution in [3.63, 3.8) is 0 Å². The van der Waals surface area contributed by atoms with Crippen LogP contribution in [-0.2, 0) is 5.60 Å². The highest BCUT2D eigenvalue weighted by molar-refractivity contribution is 6.31. The van der Waals surface area contributed by atoms with Gasteiger partial charge in [-0.25, -0.2) is 0 Å². The molecule has 0 atom stereocenters. The van der Waals surface area contributed by atoms with E-state index in [-0.39, 0.29) is 0 Å². The quantitative estimate of drug-likeness (QED) is 0.836. The van der Waals surface area contributed by atoms with Crippen molar-refractivity contribution in [3.8, 4) is 11.5 Å². The van der Waals surface area contributed by atoms with Crippen molar-refractivity contribution in [3.05, 3.63) is 22.7 Å². The molecule has 3 rings (SSSR count). The molecule has 1 saturated carbocycles. The van der Waals surface area contributed by atoms with Crippen LogP contribution in [0.4, 0.5) is 0 Å². The Labute approximate surface area is 105 Å². The average molecular weight is 255 g/mol. The predicted molar refractivity (Wildman–Crippen MR) is 64.5 cm³/mol. The van der Waals surface area contributed by atoms with Gasteiger partial charge in [-0.3, -0.25) is 0 Å². The first-order chi connectivity index (χ1) is 7.90. The molecule has 0 saturated heterocycles. The molecule has 0 amide bonds. The van der Waals surface area contributed by atoms with E-state index >= 15 is 0 Å². The summed E-state index contributed by atoms with van der Waals surface area (Å²) in [5, 5.41) is 10.5. The second kappa shape index (κ2) is 3.30. The Balaban J connectivity index is 2.01. The van der Waals surface area contributed by atoms with Gasteiger partial charge in [-0.15, -0.1) is 0 Å². The van der Waals surface area contributed by atoms with Gasteiger partial charge in [-0.2, -0.15) is 0 Å². The van der Waals surface area contributed by atoms with Gasteiger partial charge in [0.25, 0.3) is 5.79 Å². The van der Waals surface area contributed by atoms with Gasteiger partial charge in [0.15, 0.2) is 11.5 Å². The summed E-state index contributed by atoms with van der Waals surface area (Å²) in [7, 11) is 0. The van der Waals surface area contributed by atoms with Crippen molar-refractivity contribution < 1.29 is 14.6 Å². The van der Waals surface area contributed by atoms with Crippen molar-refractivity contribution >= 4 is 11.6 Å². The van der Waals surface area contributed by atoms with E-state index < -0.39 is 11.4 Å². The highest BCUT2D eigenvalue weighted by atomic mass is 35.5. The maximum absolute atomic E-state index is 10.0. The number of aliphatic hydroxyl groups is 1. The number of fused-ring (bicyclic) bond motifs is 1. The summed E-state index contributed by atoms with van der Waals surface area (Å²) in [6, 6.07) is 3.52. The molecule has 2 aliphatic rings. The second-order valence-electron chi connectivity index (χ2n) is 5.31. The zero-order valence-electron chi connectivity index (χ0n) is 9.92. The lowest BCUT2D eigenvalue weighted by atomic mass is 9.91. The molecule has 92 valence electrons. The van der Waals surface area contributed by atoms with E-state index in [0.717, 1.165) is 19.3 Å². The fourth-order valence-corrected chi connectivity index (χ4v) is 2.64. The van der Waals surface area contributed by atoms with Gasteiger partial charge in [0, 0.05) is 24.5 Å². The zero-order chi connectivity index (χ0) is 12.3. The maximum Gasteiger partial charge on any atom is 0.251 e. The molecule has 1 aliphatic heterocycles. The molecule has 3 nitrogen and oxygen atoms in total. The van der Waals surface area contributed by atoms with Crippen LogP contribution in [0.1, 0.15) is 38.7 Å². The van der Waals surface area contributed by atoms with Crippen molar-refractivity contribution in [1.82, 2.24) is 0 Å².